The van der Waals surface area contributed by atoms with Crippen LogP contribution in [0.4, 0.5) is 19.6 Å². The minimum absolute atomic E-state index is 0.00569. The predicted molar refractivity (Wildman–Crippen MR) is 116 cm³/mol. The van der Waals surface area contributed by atoms with Gasteiger partial charge in [-0.3, -0.25) is 4.79 Å². The summed E-state index contributed by atoms with van der Waals surface area (Å²) in [7, 11) is 0. The fourth-order valence-corrected chi connectivity index (χ4v) is 4.23. The summed E-state index contributed by atoms with van der Waals surface area (Å²) in [6.45, 7) is 1.41. The van der Waals surface area contributed by atoms with E-state index in [9.17, 15) is 23.5 Å². The Kier molecular flexibility index (Phi) is 6.16. The quantitative estimate of drug-likeness (QED) is 0.362. The Balaban J connectivity index is 1.69. The normalized spacial score (nSPS) is 11.9. The highest BCUT2D eigenvalue weighted by Gasteiger charge is 2.30. The van der Waals surface area contributed by atoms with Gasteiger partial charge in [0.2, 0.25) is 5.82 Å². The molecule has 12 heteroatoms. The number of carbonyl (C=O) groups is 2. The van der Waals surface area contributed by atoms with Gasteiger partial charge in [-0.2, -0.15) is 4.98 Å². The van der Waals surface area contributed by atoms with E-state index in [-0.39, 0.29) is 21.0 Å². The van der Waals surface area contributed by atoms with Crippen molar-refractivity contribution in [1.82, 2.24) is 15.1 Å². The lowest BCUT2D eigenvalue weighted by molar-refractivity contribution is -0.138. The number of benzene rings is 2. The van der Waals surface area contributed by atoms with E-state index in [0.29, 0.717) is 11.3 Å². The van der Waals surface area contributed by atoms with Crippen molar-refractivity contribution in [3.05, 3.63) is 76.1 Å². The fourth-order valence-electron chi connectivity index (χ4n) is 2.90. The summed E-state index contributed by atoms with van der Waals surface area (Å²) in [5.41, 5.74) is 0.647. The van der Waals surface area contributed by atoms with Crippen molar-refractivity contribution in [2.75, 3.05) is 4.90 Å². The molecular weight excluding hydrogens is 478 g/mol. The zero-order chi connectivity index (χ0) is 23.7. The molecule has 4 rings (SSSR count). The van der Waals surface area contributed by atoms with Gasteiger partial charge < -0.3 is 14.5 Å². The average molecular weight is 491 g/mol. The Morgan fingerprint density at radius 2 is 1.85 bits per heavy atom. The van der Waals surface area contributed by atoms with Gasteiger partial charge in [0.05, 0.1) is 0 Å². The summed E-state index contributed by atoms with van der Waals surface area (Å²) in [6, 6.07) is 9.45. The molecule has 0 bridgehead atoms. The molecule has 0 unspecified atom stereocenters. The van der Waals surface area contributed by atoms with Crippen LogP contribution in [0.5, 0.6) is 0 Å². The lowest BCUT2D eigenvalue weighted by atomic mass is 10.2. The molecule has 168 valence electrons. The van der Waals surface area contributed by atoms with E-state index >= 15 is 0 Å². The molecule has 0 aliphatic rings. The van der Waals surface area contributed by atoms with Gasteiger partial charge in [-0.25, -0.2) is 18.6 Å². The van der Waals surface area contributed by atoms with Gasteiger partial charge in [0, 0.05) is 11.3 Å². The van der Waals surface area contributed by atoms with Crippen LogP contribution in [0.25, 0.3) is 11.4 Å². The molecule has 0 radical (unpaired) electrons. The Morgan fingerprint density at radius 3 is 2.52 bits per heavy atom. The molecule has 4 aromatic rings. The van der Waals surface area contributed by atoms with Crippen molar-refractivity contribution in [3.8, 4) is 11.4 Å². The Morgan fingerprint density at radius 1 is 1.12 bits per heavy atom. The maximum absolute atomic E-state index is 13.5. The number of nitrogens with zero attached hydrogens (tertiary/aromatic N) is 4. The molecule has 0 aliphatic heterocycles. The average Bonchev–Trinajstić information content (AvgIpc) is 3.42. The van der Waals surface area contributed by atoms with E-state index in [1.807, 2.05) is 0 Å². The number of carboxylic acids is 1. The number of carbonyl (C=O) groups excluding carboxylic acids is 1. The van der Waals surface area contributed by atoms with Crippen molar-refractivity contribution >= 4 is 45.5 Å². The van der Waals surface area contributed by atoms with Crippen LogP contribution in [-0.2, 0) is 4.79 Å². The van der Waals surface area contributed by atoms with Gasteiger partial charge >= 0.3 is 5.97 Å². The van der Waals surface area contributed by atoms with Crippen molar-refractivity contribution < 1.29 is 28.0 Å². The van der Waals surface area contributed by atoms with Crippen LogP contribution in [0.3, 0.4) is 0 Å². The number of hydrogen-bond acceptors (Lipinski definition) is 8. The van der Waals surface area contributed by atoms with Crippen LogP contribution in [0.15, 0.2) is 53.1 Å². The van der Waals surface area contributed by atoms with E-state index < -0.39 is 35.3 Å². The van der Waals surface area contributed by atoms with Crippen LogP contribution in [0, 0.1) is 11.6 Å². The largest absolute Gasteiger partial charge is 0.480 e. The molecule has 1 atom stereocenters. The van der Waals surface area contributed by atoms with Crippen molar-refractivity contribution in [3.63, 3.8) is 0 Å². The summed E-state index contributed by atoms with van der Waals surface area (Å²) in [5.74, 6) is -3.30. The van der Waals surface area contributed by atoms with Gasteiger partial charge in [-0.15, -0.1) is 0 Å². The number of hydrogen-bond donors (Lipinski definition) is 1. The summed E-state index contributed by atoms with van der Waals surface area (Å²) < 4.78 is 31.8. The van der Waals surface area contributed by atoms with E-state index in [4.69, 9.17) is 16.1 Å². The van der Waals surface area contributed by atoms with Crippen molar-refractivity contribution in [2.24, 2.45) is 0 Å². The smallest absolute Gasteiger partial charge is 0.326 e. The molecule has 0 fully saturated rings. The Hall–Kier alpha value is -3.70. The van der Waals surface area contributed by atoms with Crippen LogP contribution in [-0.4, -0.2) is 38.0 Å². The van der Waals surface area contributed by atoms with Gasteiger partial charge in [-0.1, -0.05) is 40.2 Å². The van der Waals surface area contributed by atoms with Crippen LogP contribution in [0.1, 0.15) is 22.5 Å². The van der Waals surface area contributed by atoms with E-state index in [2.05, 4.69) is 15.1 Å². The molecule has 2 heterocycles. The second-order valence-corrected chi connectivity index (χ2v) is 8.08. The third kappa shape index (κ3) is 4.59. The summed E-state index contributed by atoms with van der Waals surface area (Å²) >= 11 is 6.99. The second kappa shape index (κ2) is 9.04. The van der Waals surface area contributed by atoms with Crippen LogP contribution in [0.2, 0.25) is 5.15 Å². The van der Waals surface area contributed by atoms with Crippen LogP contribution < -0.4 is 4.90 Å². The molecule has 0 saturated heterocycles. The van der Waals surface area contributed by atoms with Gasteiger partial charge in [-0.05, 0) is 43.3 Å². The zero-order valence-electron chi connectivity index (χ0n) is 16.7. The number of anilines is 2. The molecular formula is C21H13ClF2N4O4S. The zero-order valence-corrected chi connectivity index (χ0v) is 18.3. The molecule has 0 amide bonds. The lowest BCUT2D eigenvalue weighted by Gasteiger charge is -2.25. The lowest BCUT2D eigenvalue weighted by Crippen LogP contribution is -2.35. The van der Waals surface area contributed by atoms with E-state index in [1.165, 1.54) is 54.3 Å². The molecule has 2 aromatic heterocycles. The first kappa shape index (κ1) is 22.5. The highest BCUT2D eigenvalue weighted by Crippen LogP contribution is 2.36. The van der Waals surface area contributed by atoms with E-state index in [1.54, 1.807) is 6.07 Å². The maximum atomic E-state index is 13.5. The number of aromatic nitrogens is 3. The molecule has 2 aromatic carbocycles. The second-order valence-electron chi connectivity index (χ2n) is 6.74. The number of halogens is 3. The molecule has 8 nitrogen and oxygen atoms in total. The number of aliphatic carboxylic acids is 1. The number of rotatable bonds is 7. The van der Waals surface area contributed by atoms with Crippen molar-refractivity contribution in [1.29, 1.82) is 0 Å². The highest BCUT2D eigenvalue weighted by molar-refractivity contribution is 7.18. The summed E-state index contributed by atoms with van der Waals surface area (Å²) in [6.07, 6.45) is 0. The summed E-state index contributed by atoms with van der Waals surface area (Å²) in [5, 5.41) is 13.1. The van der Waals surface area contributed by atoms with Gasteiger partial charge in [0.15, 0.2) is 10.3 Å². The van der Waals surface area contributed by atoms with Crippen molar-refractivity contribution in [2.45, 2.75) is 13.0 Å². The SMILES string of the molecule is C[C@@H](C(=O)O)N(c1ccc(F)cc1)c1nc(Cl)c(C(=O)c2nc(-c3cccc(F)c3)no2)s1. The highest BCUT2D eigenvalue weighted by atomic mass is 35.5. The minimum atomic E-state index is -1.17. The standard InChI is InChI=1S/C21H13ClF2N4O4S/c1-10(20(30)31)28(14-7-5-12(23)6-8-14)21-25-17(22)16(33-21)15(29)19-26-18(27-32-19)11-3-2-4-13(24)9-11/h2-10H,1H3,(H,30,31)/t10-/m0/s1. The van der Waals surface area contributed by atoms with Crippen LogP contribution >= 0.6 is 22.9 Å². The molecule has 1 N–H and O–H groups in total. The Bertz CT molecular complexity index is 1340. The third-order valence-electron chi connectivity index (χ3n) is 4.54. The molecule has 0 aliphatic carbocycles. The number of thiazole rings is 1. The fraction of sp³-hybridized carbons (Fsp3) is 0.0952. The number of ketones is 1. The first-order valence-electron chi connectivity index (χ1n) is 9.33. The Labute approximate surface area is 194 Å². The van der Waals surface area contributed by atoms with E-state index in [0.717, 1.165) is 11.3 Å². The molecule has 0 saturated carbocycles. The molecule has 0 spiro atoms. The monoisotopic (exact) mass is 490 g/mol. The molecule has 33 heavy (non-hydrogen) atoms. The van der Waals surface area contributed by atoms with Gasteiger partial charge in [0.25, 0.3) is 11.7 Å². The predicted octanol–water partition coefficient (Wildman–Crippen LogP) is 4.97. The summed E-state index contributed by atoms with van der Waals surface area (Å²) in [4.78, 5) is 34.0. The van der Waals surface area contributed by atoms with Gasteiger partial charge in [0.1, 0.15) is 22.6 Å². The third-order valence-corrected chi connectivity index (χ3v) is 5.98. The number of carboxylic acid groups (broad SMARTS) is 1. The first-order chi connectivity index (χ1) is 15.7. The maximum Gasteiger partial charge on any atom is 0.326 e. The topological polar surface area (TPSA) is 109 Å². The first-order valence-corrected chi connectivity index (χ1v) is 10.5. The minimum Gasteiger partial charge on any atom is -0.480 e.